The number of aliphatic imine (C=N–C) groups is 1. The van der Waals surface area contributed by atoms with Gasteiger partial charge in [-0.25, -0.2) is 15.1 Å². The lowest BCUT2D eigenvalue weighted by Crippen LogP contribution is -2.81. The summed E-state index contributed by atoms with van der Waals surface area (Å²) >= 11 is 0. The Balaban J connectivity index is 0.000000566. The van der Waals surface area contributed by atoms with Gasteiger partial charge >= 0.3 is 23.8 Å². The summed E-state index contributed by atoms with van der Waals surface area (Å²) in [7, 11) is 0. The summed E-state index contributed by atoms with van der Waals surface area (Å²) in [6, 6.07) is 17.7. The van der Waals surface area contributed by atoms with Crippen LogP contribution in [0.15, 0.2) is 70.6 Å². The van der Waals surface area contributed by atoms with Crippen molar-refractivity contribution in [2.24, 2.45) is 16.8 Å². The van der Waals surface area contributed by atoms with Crippen molar-refractivity contribution in [3.63, 3.8) is 0 Å². The number of benzene rings is 2. The molecule has 0 amide bonds. The number of rotatable bonds is 8. The summed E-state index contributed by atoms with van der Waals surface area (Å²) in [6.07, 6.45) is -1.12. The maximum absolute atomic E-state index is 12.9. The molecule has 0 bridgehead atoms. The van der Waals surface area contributed by atoms with Gasteiger partial charge in [0.2, 0.25) is 0 Å². The number of piperidine rings is 1. The molecule has 0 radical (unpaired) electrons. The van der Waals surface area contributed by atoms with E-state index in [1.807, 2.05) is 49.4 Å². The molecule has 1 unspecified atom stereocenters. The Labute approximate surface area is 251 Å². The number of carboxylic acids is 2. The van der Waals surface area contributed by atoms with Gasteiger partial charge in [-0.05, 0) is 43.7 Å². The molecule has 234 valence electrons. The van der Waals surface area contributed by atoms with Gasteiger partial charge in [-0.3, -0.25) is 14.7 Å². The van der Waals surface area contributed by atoms with E-state index in [-0.39, 0.29) is 6.54 Å². The van der Waals surface area contributed by atoms with Gasteiger partial charge in [-0.2, -0.15) is 18.2 Å². The lowest BCUT2D eigenvalue weighted by molar-refractivity contribution is -0.437. The first-order valence-electron chi connectivity index (χ1n) is 14.0. The zero-order valence-electron chi connectivity index (χ0n) is 24.0. The number of aliphatic carboxylic acids is 2. The van der Waals surface area contributed by atoms with Crippen molar-refractivity contribution in [1.29, 1.82) is 0 Å². The first-order valence-corrected chi connectivity index (χ1v) is 14.0. The molecule has 0 saturated carbocycles. The second-order valence-corrected chi connectivity index (χ2v) is 10.7. The van der Waals surface area contributed by atoms with Gasteiger partial charge in [-0.1, -0.05) is 42.5 Å². The topological polar surface area (TPSA) is 157 Å². The number of aryl methyl sites for hydroxylation is 1. The number of nitrogens with zero attached hydrogens (tertiary/aromatic N) is 4. The Hall–Kier alpha value is -4.72. The number of hydrogen-bond acceptors (Lipinski definition) is 7. The van der Waals surface area contributed by atoms with Crippen LogP contribution in [-0.4, -0.2) is 58.4 Å². The largest absolute Gasteiger partial charge is 0.542 e. The molecule has 3 aromatic rings. The molecule has 2 aliphatic rings. The molecule has 4 N–H and O–H groups in total. The van der Waals surface area contributed by atoms with Gasteiger partial charge in [0.15, 0.2) is 5.69 Å². The van der Waals surface area contributed by atoms with Crippen LogP contribution in [0.25, 0.3) is 0 Å². The van der Waals surface area contributed by atoms with E-state index in [9.17, 15) is 27.9 Å². The van der Waals surface area contributed by atoms with Crippen LogP contribution in [0.5, 0.6) is 0 Å². The van der Waals surface area contributed by atoms with E-state index in [0.29, 0.717) is 18.2 Å². The number of carbonyl (C=O) groups excluding carboxylic acids is 1. The lowest BCUT2D eigenvalue weighted by atomic mass is 9.97. The highest BCUT2D eigenvalue weighted by Crippen LogP contribution is 2.25. The van der Waals surface area contributed by atoms with Crippen LogP contribution in [0.4, 0.5) is 30.4 Å². The smallest absolute Gasteiger partial charge is 0.430 e. The van der Waals surface area contributed by atoms with Gasteiger partial charge in [0.25, 0.3) is 0 Å². The summed E-state index contributed by atoms with van der Waals surface area (Å²) in [5, 5.41) is 24.0. The molecule has 1 saturated heterocycles. The molecule has 2 aromatic carbocycles. The summed E-state index contributed by atoms with van der Waals surface area (Å²) in [5.41, 5.74) is 3.67. The van der Waals surface area contributed by atoms with E-state index >= 15 is 0 Å². The van der Waals surface area contributed by atoms with Gasteiger partial charge in [0.1, 0.15) is 17.5 Å². The van der Waals surface area contributed by atoms with Gasteiger partial charge in [0, 0.05) is 44.0 Å². The number of para-hydroxylation sites is 2. The second-order valence-electron chi connectivity index (χ2n) is 10.7. The van der Waals surface area contributed by atoms with E-state index < -0.39 is 29.7 Å². The first kappa shape index (κ1) is 32.2. The molecular formula is C30H33F3N6O5. The highest BCUT2D eigenvalue weighted by molar-refractivity contribution is 5.95. The predicted molar refractivity (Wildman–Crippen MR) is 154 cm³/mol. The Morgan fingerprint density at radius 3 is 2.39 bits per heavy atom. The van der Waals surface area contributed by atoms with Crippen LogP contribution in [0.1, 0.15) is 24.0 Å². The Morgan fingerprint density at radius 1 is 1.14 bits per heavy atom. The minimum atomic E-state index is -5.19. The van der Waals surface area contributed by atoms with Gasteiger partial charge < -0.3 is 19.9 Å². The fraction of sp³-hybridized carbons (Fsp3) is 0.367. The lowest BCUT2D eigenvalue weighted by Gasteiger charge is -2.33. The van der Waals surface area contributed by atoms with Crippen molar-refractivity contribution >= 4 is 35.1 Å². The van der Waals surface area contributed by atoms with Gasteiger partial charge in [-0.15, -0.1) is 0 Å². The fourth-order valence-corrected chi connectivity index (χ4v) is 5.10. The average Bonchev–Trinajstić information content (AvgIpc) is 3.41. The summed E-state index contributed by atoms with van der Waals surface area (Å²) in [6.45, 7) is 4.43. The molecule has 0 aliphatic carbocycles. The van der Waals surface area contributed by atoms with Crippen molar-refractivity contribution in [2.75, 3.05) is 29.9 Å². The van der Waals surface area contributed by atoms with Crippen molar-refractivity contribution in [2.45, 2.75) is 38.9 Å². The molecule has 14 heteroatoms. The number of aromatic nitrogens is 2. The number of carbonyl (C=O) groups is 2. The molecule has 2 aliphatic heterocycles. The molecule has 3 heterocycles. The number of nitrogens with two attached hydrogens (primary N) is 1. The van der Waals surface area contributed by atoms with E-state index in [4.69, 9.17) is 14.9 Å². The maximum atomic E-state index is 12.9. The van der Waals surface area contributed by atoms with Gasteiger partial charge in [0.05, 0.1) is 5.92 Å². The number of quaternary nitrogens is 1. The number of guanidine groups is 1. The number of halogens is 3. The molecule has 0 spiro atoms. The van der Waals surface area contributed by atoms with Crippen LogP contribution in [0, 0.1) is 18.8 Å². The molecule has 1 aromatic heterocycles. The molecule has 1 atom stereocenters. The predicted octanol–water partition coefficient (Wildman–Crippen LogP) is 1.69. The van der Waals surface area contributed by atoms with Crippen LogP contribution < -0.4 is 26.3 Å². The first-order chi connectivity index (χ1) is 20.9. The zero-order chi connectivity index (χ0) is 31.9. The van der Waals surface area contributed by atoms with Crippen LogP contribution in [0.2, 0.25) is 0 Å². The second kappa shape index (κ2) is 14.2. The minimum absolute atomic E-state index is 0.0918. The SMILES string of the molecule is Cc1cn(CC(Cc2ccccc2)C(=O)O)c(=O)nc1N1CCC(CN=C2Nc3ccccc3[NH2+]2)CC1.O=C([O-])C(F)(F)F. The molecule has 5 rings (SSSR count). The summed E-state index contributed by atoms with van der Waals surface area (Å²) in [5.74, 6) is -2.54. The minimum Gasteiger partial charge on any atom is -0.542 e. The summed E-state index contributed by atoms with van der Waals surface area (Å²) in [4.78, 5) is 44.9. The van der Waals surface area contributed by atoms with E-state index in [1.54, 1.807) is 6.20 Å². The Kier molecular flexibility index (Phi) is 10.4. The third kappa shape index (κ3) is 8.66. The van der Waals surface area contributed by atoms with Crippen LogP contribution in [0.3, 0.4) is 0 Å². The normalized spacial score (nSPS) is 16.5. The van der Waals surface area contributed by atoms with E-state index in [0.717, 1.165) is 55.2 Å². The number of alkyl halides is 3. The van der Waals surface area contributed by atoms with Crippen molar-refractivity contribution in [3.8, 4) is 0 Å². The summed E-state index contributed by atoms with van der Waals surface area (Å²) < 4.78 is 33.0. The number of carboxylic acid groups (broad SMARTS) is 2. The van der Waals surface area contributed by atoms with Crippen LogP contribution >= 0.6 is 0 Å². The highest BCUT2D eigenvalue weighted by Gasteiger charge is 2.29. The van der Waals surface area contributed by atoms with E-state index in [1.165, 1.54) is 10.3 Å². The number of nitrogens with one attached hydrogen (secondary N) is 1. The van der Waals surface area contributed by atoms with Crippen molar-refractivity contribution < 1.29 is 38.3 Å². The number of hydrogen-bond donors (Lipinski definition) is 3. The van der Waals surface area contributed by atoms with E-state index in [2.05, 4.69) is 32.7 Å². The maximum Gasteiger partial charge on any atom is 0.430 e. The van der Waals surface area contributed by atoms with Crippen LogP contribution in [-0.2, 0) is 22.6 Å². The molecule has 44 heavy (non-hydrogen) atoms. The average molecular weight is 615 g/mol. The Morgan fingerprint density at radius 2 is 1.77 bits per heavy atom. The Bertz CT molecular complexity index is 1530. The zero-order valence-corrected chi connectivity index (χ0v) is 24.0. The molecule has 1 fully saturated rings. The van der Waals surface area contributed by atoms with Crippen molar-refractivity contribution in [3.05, 3.63) is 82.4 Å². The quantitative estimate of drug-likeness (QED) is 0.324. The standard InChI is InChI=1S/C28H32N6O3.C2HF3O2/c1-19-17-34(18-22(26(35)36)15-20-7-3-2-4-8-20)28(37)32-25(19)33-13-11-21(12-14-33)16-29-27-30-23-9-5-6-10-24(23)31-27;3-2(4,5)1(6)7/h2-10,17,21-22H,11-16,18H2,1H3,(H,35,36)(H2,29,30,31);(H,6,7). The monoisotopic (exact) mass is 614 g/mol. The number of anilines is 2. The third-order valence-electron chi connectivity index (χ3n) is 7.42. The third-order valence-corrected chi connectivity index (χ3v) is 7.42. The highest BCUT2D eigenvalue weighted by atomic mass is 19.4. The molecule has 11 nitrogen and oxygen atoms in total. The van der Waals surface area contributed by atoms with Crippen molar-refractivity contribution in [1.82, 2.24) is 9.55 Å². The fourth-order valence-electron chi connectivity index (χ4n) is 5.10. The molecular weight excluding hydrogens is 581 g/mol. The number of fused-ring (bicyclic) bond motifs is 1.